The standard InChI is InChI=1S/C19H18Cl2N4O2S/c20-14-5-4-12(9-15(14)21)22-18(27)16-3-1-2-6-24(16)11-13-10-17(26)25-7-8-28-19(25)23-13/h4-5,7-10,16H,1-3,6,11H2,(H,22,27). The van der Waals surface area contributed by atoms with Crippen LogP contribution in [0.3, 0.4) is 0 Å². The van der Waals surface area contributed by atoms with Crippen LogP contribution in [0.2, 0.25) is 10.0 Å². The van der Waals surface area contributed by atoms with Crippen LogP contribution in [0.5, 0.6) is 0 Å². The molecule has 1 fully saturated rings. The maximum Gasteiger partial charge on any atom is 0.258 e. The molecule has 1 saturated heterocycles. The SMILES string of the molecule is O=C(Nc1ccc(Cl)c(Cl)c1)C1CCCCN1Cc1cc(=O)n2ccsc2n1. The first-order chi connectivity index (χ1) is 13.5. The van der Waals surface area contributed by atoms with Gasteiger partial charge in [0.05, 0.1) is 21.8 Å². The maximum atomic E-state index is 12.9. The number of rotatable bonds is 4. The number of halogens is 2. The molecule has 0 radical (unpaired) electrons. The number of likely N-dealkylation sites (tertiary alicyclic amines) is 1. The summed E-state index contributed by atoms with van der Waals surface area (Å²) in [7, 11) is 0. The average Bonchev–Trinajstić information content (AvgIpc) is 3.14. The molecule has 0 bridgehead atoms. The molecule has 1 unspecified atom stereocenters. The van der Waals surface area contributed by atoms with Crippen LogP contribution in [-0.4, -0.2) is 32.8 Å². The van der Waals surface area contributed by atoms with Crippen molar-refractivity contribution in [2.24, 2.45) is 0 Å². The fraction of sp³-hybridized carbons (Fsp3) is 0.316. The summed E-state index contributed by atoms with van der Waals surface area (Å²) >= 11 is 13.4. The van der Waals surface area contributed by atoms with E-state index in [1.165, 1.54) is 15.7 Å². The van der Waals surface area contributed by atoms with E-state index < -0.39 is 0 Å². The number of benzene rings is 1. The van der Waals surface area contributed by atoms with Crippen molar-refractivity contribution in [3.05, 3.63) is 61.9 Å². The number of carbonyl (C=O) groups is 1. The Hall–Kier alpha value is -1.93. The lowest BCUT2D eigenvalue weighted by molar-refractivity contribution is -0.122. The number of piperidine rings is 1. The molecule has 1 aliphatic heterocycles. The zero-order chi connectivity index (χ0) is 19.7. The van der Waals surface area contributed by atoms with Gasteiger partial charge in [-0.15, -0.1) is 11.3 Å². The van der Waals surface area contributed by atoms with Gasteiger partial charge < -0.3 is 5.32 Å². The first-order valence-corrected chi connectivity index (χ1v) is 10.6. The topological polar surface area (TPSA) is 66.7 Å². The molecule has 146 valence electrons. The lowest BCUT2D eigenvalue weighted by Crippen LogP contribution is -2.46. The number of amides is 1. The molecule has 0 aliphatic carbocycles. The molecule has 1 amide bonds. The Morgan fingerprint density at radius 2 is 2.11 bits per heavy atom. The van der Waals surface area contributed by atoms with Crippen molar-refractivity contribution in [1.29, 1.82) is 0 Å². The molecule has 3 aromatic rings. The van der Waals surface area contributed by atoms with E-state index in [1.54, 1.807) is 30.5 Å². The Labute approximate surface area is 175 Å². The second-order valence-electron chi connectivity index (χ2n) is 6.74. The van der Waals surface area contributed by atoms with E-state index in [0.717, 1.165) is 25.8 Å². The highest BCUT2D eigenvalue weighted by Gasteiger charge is 2.29. The first kappa shape index (κ1) is 19.4. The molecule has 0 spiro atoms. The summed E-state index contributed by atoms with van der Waals surface area (Å²) in [6.45, 7) is 1.24. The summed E-state index contributed by atoms with van der Waals surface area (Å²) in [5.41, 5.74) is 1.19. The van der Waals surface area contributed by atoms with E-state index in [0.29, 0.717) is 32.9 Å². The number of aromatic nitrogens is 2. The van der Waals surface area contributed by atoms with Gasteiger partial charge in [-0.25, -0.2) is 4.98 Å². The summed E-state index contributed by atoms with van der Waals surface area (Å²) in [6, 6.07) is 6.29. The van der Waals surface area contributed by atoms with E-state index in [4.69, 9.17) is 23.2 Å². The minimum absolute atomic E-state index is 0.0907. The van der Waals surface area contributed by atoms with Crippen LogP contribution in [0, 0.1) is 0 Å². The normalized spacial score (nSPS) is 17.7. The highest BCUT2D eigenvalue weighted by atomic mass is 35.5. The van der Waals surface area contributed by atoms with Crippen molar-refractivity contribution in [2.75, 3.05) is 11.9 Å². The van der Waals surface area contributed by atoms with Crippen molar-refractivity contribution in [1.82, 2.24) is 14.3 Å². The van der Waals surface area contributed by atoms with Gasteiger partial charge in [-0.3, -0.25) is 18.9 Å². The second kappa shape index (κ2) is 8.21. The van der Waals surface area contributed by atoms with Gasteiger partial charge in [-0.1, -0.05) is 29.6 Å². The largest absolute Gasteiger partial charge is 0.325 e. The van der Waals surface area contributed by atoms with Crippen LogP contribution in [0.15, 0.2) is 40.6 Å². The molecule has 1 N–H and O–H groups in total. The van der Waals surface area contributed by atoms with Crippen LogP contribution >= 0.6 is 34.5 Å². The van der Waals surface area contributed by atoms with Gasteiger partial charge in [0.15, 0.2) is 4.96 Å². The fourth-order valence-corrected chi connectivity index (χ4v) is 4.49. The van der Waals surface area contributed by atoms with Crippen LogP contribution < -0.4 is 10.9 Å². The zero-order valence-electron chi connectivity index (χ0n) is 14.9. The van der Waals surface area contributed by atoms with E-state index in [2.05, 4.69) is 15.2 Å². The molecule has 2 aromatic heterocycles. The third-order valence-electron chi connectivity index (χ3n) is 4.82. The molecule has 28 heavy (non-hydrogen) atoms. The Kier molecular flexibility index (Phi) is 5.68. The maximum absolute atomic E-state index is 12.9. The van der Waals surface area contributed by atoms with Gasteiger partial charge in [-0.05, 0) is 37.6 Å². The Morgan fingerprint density at radius 3 is 2.93 bits per heavy atom. The van der Waals surface area contributed by atoms with Gasteiger partial charge in [-0.2, -0.15) is 0 Å². The molecular weight excluding hydrogens is 419 g/mol. The molecule has 4 rings (SSSR count). The van der Waals surface area contributed by atoms with Crippen LogP contribution in [0.25, 0.3) is 4.96 Å². The molecule has 3 heterocycles. The molecule has 6 nitrogen and oxygen atoms in total. The Bertz CT molecular complexity index is 1080. The average molecular weight is 437 g/mol. The molecule has 1 aromatic carbocycles. The summed E-state index contributed by atoms with van der Waals surface area (Å²) in [6.07, 6.45) is 4.47. The highest BCUT2D eigenvalue weighted by Crippen LogP contribution is 2.26. The number of nitrogens with one attached hydrogen (secondary N) is 1. The molecule has 1 atom stereocenters. The molecule has 1 aliphatic rings. The van der Waals surface area contributed by atoms with E-state index in [9.17, 15) is 9.59 Å². The third-order valence-corrected chi connectivity index (χ3v) is 6.32. The third kappa shape index (κ3) is 4.07. The number of fused-ring (bicyclic) bond motifs is 1. The summed E-state index contributed by atoms with van der Waals surface area (Å²) < 4.78 is 1.53. The van der Waals surface area contributed by atoms with Crippen molar-refractivity contribution in [3.63, 3.8) is 0 Å². The Balaban J connectivity index is 1.52. The van der Waals surface area contributed by atoms with Crippen LogP contribution in [0.4, 0.5) is 5.69 Å². The lowest BCUT2D eigenvalue weighted by Gasteiger charge is -2.34. The van der Waals surface area contributed by atoms with Gasteiger partial charge in [0, 0.05) is 29.9 Å². The minimum atomic E-state index is -0.285. The summed E-state index contributed by atoms with van der Waals surface area (Å²) in [5.74, 6) is -0.0907. The highest BCUT2D eigenvalue weighted by molar-refractivity contribution is 7.15. The number of carbonyl (C=O) groups excluding carboxylic acids is 1. The fourth-order valence-electron chi connectivity index (χ4n) is 3.45. The van der Waals surface area contributed by atoms with E-state index >= 15 is 0 Å². The van der Waals surface area contributed by atoms with E-state index in [1.807, 2.05) is 5.38 Å². The zero-order valence-corrected chi connectivity index (χ0v) is 17.2. The summed E-state index contributed by atoms with van der Waals surface area (Å²) in [4.78, 5) is 32.4. The predicted octanol–water partition coefficient (Wildman–Crippen LogP) is 4.06. The van der Waals surface area contributed by atoms with Gasteiger partial charge in [0.1, 0.15) is 0 Å². The second-order valence-corrected chi connectivity index (χ2v) is 8.43. The van der Waals surface area contributed by atoms with Crippen molar-refractivity contribution in [3.8, 4) is 0 Å². The van der Waals surface area contributed by atoms with Gasteiger partial charge in [0.25, 0.3) is 5.56 Å². The van der Waals surface area contributed by atoms with Crippen LogP contribution in [-0.2, 0) is 11.3 Å². The number of hydrogen-bond acceptors (Lipinski definition) is 5. The lowest BCUT2D eigenvalue weighted by atomic mass is 10.0. The predicted molar refractivity (Wildman–Crippen MR) is 112 cm³/mol. The van der Waals surface area contributed by atoms with Crippen molar-refractivity contribution in [2.45, 2.75) is 31.8 Å². The quantitative estimate of drug-likeness (QED) is 0.669. The number of hydrogen-bond donors (Lipinski definition) is 1. The smallest absolute Gasteiger partial charge is 0.258 e. The van der Waals surface area contributed by atoms with Gasteiger partial charge >= 0.3 is 0 Å². The number of thiazole rings is 1. The number of anilines is 1. The van der Waals surface area contributed by atoms with Crippen LogP contribution in [0.1, 0.15) is 25.0 Å². The summed E-state index contributed by atoms with van der Waals surface area (Å²) in [5, 5.41) is 5.60. The Morgan fingerprint density at radius 1 is 1.25 bits per heavy atom. The molecule has 0 saturated carbocycles. The van der Waals surface area contributed by atoms with Crippen molar-refractivity contribution >= 4 is 51.1 Å². The van der Waals surface area contributed by atoms with E-state index in [-0.39, 0.29) is 17.5 Å². The first-order valence-electron chi connectivity index (χ1n) is 8.97. The van der Waals surface area contributed by atoms with Crippen molar-refractivity contribution < 1.29 is 4.79 Å². The van der Waals surface area contributed by atoms with Gasteiger partial charge in [0.2, 0.25) is 5.91 Å². The minimum Gasteiger partial charge on any atom is -0.325 e. The monoisotopic (exact) mass is 436 g/mol. The number of nitrogens with zero attached hydrogens (tertiary/aromatic N) is 3. The molecular formula is C19H18Cl2N4O2S. The molecule has 9 heteroatoms.